The fourth-order valence-corrected chi connectivity index (χ4v) is 3.73. The van der Waals surface area contributed by atoms with E-state index in [0.717, 1.165) is 11.1 Å². The summed E-state index contributed by atoms with van der Waals surface area (Å²) in [7, 11) is 3.04. The van der Waals surface area contributed by atoms with Crippen LogP contribution < -0.4 is 14.2 Å². The first-order valence-electron chi connectivity index (χ1n) is 9.25. The Balaban J connectivity index is 2.29. The summed E-state index contributed by atoms with van der Waals surface area (Å²) in [5.74, 6) is 0.396. The molecule has 1 aliphatic rings. The molecule has 0 saturated carbocycles. The molecule has 0 bridgehead atoms. The number of non-ortho nitro benzene ring substituents is 1. The van der Waals surface area contributed by atoms with Crippen molar-refractivity contribution in [2.75, 3.05) is 20.8 Å². The van der Waals surface area contributed by atoms with Crippen LogP contribution in [-0.4, -0.2) is 42.5 Å². The number of rotatable bonds is 5. The summed E-state index contributed by atoms with van der Waals surface area (Å²) in [4.78, 5) is 36.6. The van der Waals surface area contributed by atoms with Crippen molar-refractivity contribution >= 4 is 17.6 Å². The van der Waals surface area contributed by atoms with Crippen LogP contribution in [0.1, 0.15) is 36.6 Å². The molecule has 1 amide bonds. The highest BCUT2D eigenvalue weighted by atomic mass is 16.6. The molecule has 0 N–H and O–H groups in total. The van der Waals surface area contributed by atoms with E-state index in [0.29, 0.717) is 30.0 Å². The van der Waals surface area contributed by atoms with E-state index in [1.54, 1.807) is 11.0 Å². The number of carbonyl (C=O) groups is 2. The van der Waals surface area contributed by atoms with Gasteiger partial charge in [-0.05, 0) is 35.7 Å². The second-order valence-electron chi connectivity index (χ2n) is 6.84. The van der Waals surface area contributed by atoms with Crippen molar-refractivity contribution in [1.82, 2.24) is 4.90 Å². The maximum atomic E-state index is 12.5. The van der Waals surface area contributed by atoms with Crippen LogP contribution in [0.2, 0.25) is 0 Å². The average Bonchev–Trinajstić information content (AvgIpc) is 2.71. The lowest BCUT2D eigenvalue weighted by atomic mass is 9.87. The van der Waals surface area contributed by atoms with E-state index in [2.05, 4.69) is 0 Å². The summed E-state index contributed by atoms with van der Waals surface area (Å²) < 4.78 is 16.1. The monoisotopic (exact) mass is 414 g/mol. The molecule has 1 heterocycles. The van der Waals surface area contributed by atoms with Gasteiger partial charge in [0, 0.05) is 38.1 Å². The first-order valence-corrected chi connectivity index (χ1v) is 9.25. The Bertz CT molecular complexity index is 1020. The third-order valence-electron chi connectivity index (χ3n) is 5.03. The normalized spacial score (nSPS) is 15.2. The maximum absolute atomic E-state index is 12.5. The van der Waals surface area contributed by atoms with Gasteiger partial charge < -0.3 is 19.1 Å². The van der Waals surface area contributed by atoms with Gasteiger partial charge in [-0.1, -0.05) is 0 Å². The third-order valence-corrected chi connectivity index (χ3v) is 5.03. The lowest BCUT2D eigenvalue weighted by Gasteiger charge is -2.38. The van der Waals surface area contributed by atoms with Crippen molar-refractivity contribution in [2.24, 2.45) is 0 Å². The van der Waals surface area contributed by atoms with Crippen LogP contribution in [0, 0.1) is 10.1 Å². The number of nitro benzene ring substituents is 1. The number of methoxy groups -OCH3 is 2. The molecule has 2 aromatic carbocycles. The summed E-state index contributed by atoms with van der Waals surface area (Å²) in [6, 6.07) is 6.87. The quantitative estimate of drug-likeness (QED) is 0.320. The zero-order valence-electron chi connectivity index (χ0n) is 17.1. The number of esters is 1. The van der Waals surface area contributed by atoms with Crippen LogP contribution in [0.15, 0.2) is 30.3 Å². The average molecular weight is 414 g/mol. The van der Waals surface area contributed by atoms with Gasteiger partial charge in [0.2, 0.25) is 5.91 Å². The Labute approximate surface area is 173 Å². The summed E-state index contributed by atoms with van der Waals surface area (Å²) in [6.07, 6.45) is 0.573. The smallest absolute Gasteiger partial charge is 0.308 e. The van der Waals surface area contributed by atoms with E-state index in [4.69, 9.17) is 14.2 Å². The number of fused-ring (bicyclic) bond motifs is 1. The van der Waals surface area contributed by atoms with Crippen molar-refractivity contribution in [3.05, 3.63) is 57.1 Å². The fraction of sp³-hybridized carbons (Fsp3) is 0.333. The van der Waals surface area contributed by atoms with E-state index >= 15 is 0 Å². The van der Waals surface area contributed by atoms with Crippen LogP contribution in [0.4, 0.5) is 5.69 Å². The number of nitrogens with zero attached hydrogens (tertiary/aromatic N) is 2. The molecule has 0 spiro atoms. The van der Waals surface area contributed by atoms with Crippen molar-refractivity contribution in [3.8, 4) is 17.2 Å². The van der Waals surface area contributed by atoms with E-state index in [-0.39, 0.29) is 17.3 Å². The van der Waals surface area contributed by atoms with Crippen LogP contribution in [0.25, 0.3) is 0 Å². The fourth-order valence-electron chi connectivity index (χ4n) is 3.73. The number of hydrogen-bond acceptors (Lipinski definition) is 7. The summed E-state index contributed by atoms with van der Waals surface area (Å²) in [5, 5.41) is 11.4. The van der Waals surface area contributed by atoms with Crippen LogP contribution in [0.5, 0.6) is 17.2 Å². The van der Waals surface area contributed by atoms with Gasteiger partial charge >= 0.3 is 5.97 Å². The van der Waals surface area contributed by atoms with Gasteiger partial charge in [-0.25, -0.2) is 0 Å². The molecule has 9 nitrogen and oxygen atoms in total. The van der Waals surface area contributed by atoms with Gasteiger partial charge in [-0.15, -0.1) is 0 Å². The molecule has 3 rings (SSSR count). The minimum Gasteiger partial charge on any atom is -0.493 e. The molecule has 1 aliphatic heterocycles. The topological polar surface area (TPSA) is 108 Å². The zero-order chi connectivity index (χ0) is 22.0. The molecule has 0 radical (unpaired) electrons. The second-order valence-corrected chi connectivity index (χ2v) is 6.84. The molecule has 0 aliphatic carbocycles. The number of benzene rings is 2. The Morgan fingerprint density at radius 1 is 1.03 bits per heavy atom. The minimum absolute atomic E-state index is 0.159. The van der Waals surface area contributed by atoms with E-state index in [1.165, 1.54) is 46.3 Å². The molecular formula is C21H22N2O7. The SMILES string of the molecule is COc1cc2c(cc1OC)[C@H](c1cc([N+](=O)[O-])ccc1OC(C)=O)N(C(C)=O)CC2. The Morgan fingerprint density at radius 2 is 1.70 bits per heavy atom. The van der Waals surface area contributed by atoms with E-state index < -0.39 is 16.9 Å². The molecule has 0 fully saturated rings. The predicted molar refractivity (Wildman–Crippen MR) is 107 cm³/mol. The lowest BCUT2D eigenvalue weighted by Crippen LogP contribution is -2.39. The second kappa shape index (κ2) is 8.40. The van der Waals surface area contributed by atoms with Crippen molar-refractivity contribution in [1.29, 1.82) is 0 Å². The molecule has 1 atom stereocenters. The lowest BCUT2D eigenvalue weighted by molar-refractivity contribution is -0.385. The van der Waals surface area contributed by atoms with Crippen molar-refractivity contribution in [3.63, 3.8) is 0 Å². The third kappa shape index (κ3) is 3.91. The first kappa shape index (κ1) is 21.1. The summed E-state index contributed by atoms with van der Waals surface area (Å²) >= 11 is 0. The van der Waals surface area contributed by atoms with Gasteiger partial charge in [-0.2, -0.15) is 0 Å². The first-order chi connectivity index (χ1) is 14.3. The zero-order valence-corrected chi connectivity index (χ0v) is 17.1. The molecular weight excluding hydrogens is 392 g/mol. The number of amides is 1. The van der Waals surface area contributed by atoms with Gasteiger partial charge in [0.25, 0.3) is 5.69 Å². The molecule has 0 unspecified atom stereocenters. The molecule has 30 heavy (non-hydrogen) atoms. The molecule has 9 heteroatoms. The number of ether oxygens (including phenoxy) is 3. The van der Waals surface area contributed by atoms with Gasteiger partial charge in [0.05, 0.1) is 25.2 Å². The summed E-state index contributed by atoms with van der Waals surface area (Å²) in [5.41, 5.74) is 1.82. The highest BCUT2D eigenvalue weighted by Gasteiger charge is 2.35. The van der Waals surface area contributed by atoms with Crippen LogP contribution in [0.3, 0.4) is 0 Å². The highest BCUT2D eigenvalue weighted by molar-refractivity contribution is 5.76. The number of carbonyl (C=O) groups excluding carboxylic acids is 2. The van der Waals surface area contributed by atoms with E-state index in [1.807, 2.05) is 6.07 Å². The number of nitro groups is 1. The van der Waals surface area contributed by atoms with Crippen LogP contribution in [-0.2, 0) is 16.0 Å². The molecule has 0 aromatic heterocycles. The summed E-state index contributed by atoms with van der Waals surface area (Å²) in [6.45, 7) is 3.07. The molecule has 2 aromatic rings. The molecule has 0 saturated heterocycles. The molecule has 158 valence electrons. The Morgan fingerprint density at radius 3 is 2.27 bits per heavy atom. The predicted octanol–water partition coefficient (Wildman–Crippen LogP) is 3.03. The Kier molecular flexibility index (Phi) is 5.91. The maximum Gasteiger partial charge on any atom is 0.308 e. The van der Waals surface area contributed by atoms with Gasteiger partial charge in [0.1, 0.15) is 5.75 Å². The van der Waals surface area contributed by atoms with Gasteiger partial charge in [-0.3, -0.25) is 19.7 Å². The standard InChI is InChI=1S/C21H22N2O7/c1-12(24)22-8-7-14-9-19(28-3)20(29-4)11-16(14)21(22)17-10-15(23(26)27)5-6-18(17)30-13(2)25/h5-6,9-11,21H,7-8H2,1-4H3/t21-/m1/s1. The van der Waals surface area contributed by atoms with Crippen molar-refractivity contribution < 1.29 is 28.7 Å². The van der Waals surface area contributed by atoms with E-state index in [9.17, 15) is 19.7 Å². The van der Waals surface area contributed by atoms with Crippen LogP contribution >= 0.6 is 0 Å². The number of hydrogen-bond donors (Lipinski definition) is 0. The van der Waals surface area contributed by atoms with Crippen molar-refractivity contribution in [2.45, 2.75) is 26.3 Å². The minimum atomic E-state index is -0.694. The van der Waals surface area contributed by atoms with Gasteiger partial charge in [0.15, 0.2) is 11.5 Å². The highest BCUT2D eigenvalue weighted by Crippen LogP contribution is 2.44. The Hall–Kier alpha value is -3.62. The largest absolute Gasteiger partial charge is 0.493 e.